The van der Waals surface area contributed by atoms with Gasteiger partial charge in [0, 0.05) is 42.2 Å². The number of phenols is 1. The fourth-order valence-corrected chi connectivity index (χ4v) is 7.96. The first-order chi connectivity index (χ1) is 22.5. The summed E-state index contributed by atoms with van der Waals surface area (Å²) in [5.74, 6) is -6.37. The Bertz CT molecular complexity index is 1750. The number of aromatic hydroxyl groups is 1. The Hall–Kier alpha value is -4.32. The van der Waals surface area contributed by atoms with Crippen LogP contribution in [-0.4, -0.2) is 104 Å². The third-order valence-corrected chi connectivity index (χ3v) is 10.1. The summed E-state index contributed by atoms with van der Waals surface area (Å²) in [6, 6.07) is 9.67. The molecule has 48 heavy (non-hydrogen) atoms. The number of hydrogen-bond donors (Lipinski definition) is 5. The topological polar surface area (TPSA) is 168 Å². The largest absolute Gasteiger partial charge is 0.508 e. The molecule has 3 aliphatic carbocycles. The van der Waals surface area contributed by atoms with Crippen LogP contribution in [0, 0.1) is 11.8 Å². The summed E-state index contributed by atoms with van der Waals surface area (Å²) in [5.41, 5.74) is -1.17. The maximum absolute atomic E-state index is 14.1. The highest BCUT2D eigenvalue weighted by molar-refractivity contribution is 6.25. The summed E-state index contributed by atoms with van der Waals surface area (Å²) in [6.07, 6.45) is 0.179. The molecule has 0 heterocycles. The van der Waals surface area contributed by atoms with Crippen LogP contribution in [0.1, 0.15) is 62.5 Å². The zero-order chi connectivity index (χ0) is 35.4. The van der Waals surface area contributed by atoms with Crippen molar-refractivity contribution < 1.29 is 39.6 Å². The molecule has 256 valence electrons. The van der Waals surface area contributed by atoms with Gasteiger partial charge in [-0.25, -0.2) is 0 Å². The van der Waals surface area contributed by atoms with Crippen LogP contribution in [0.25, 0.3) is 16.9 Å². The average Bonchev–Trinajstić information content (AvgIpc) is 3.00. The van der Waals surface area contributed by atoms with E-state index in [1.165, 1.54) is 11.0 Å². The Balaban J connectivity index is 1.54. The number of hydrogen-bond acceptors (Lipinski definition) is 10. The highest BCUT2D eigenvalue weighted by Gasteiger charge is 2.64. The fraction of sp³-hybridized carbons (Fsp3) is 0.459. The molecule has 4 atom stereocenters. The number of aliphatic hydroxyl groups excluding tert-OH is 2. The molecule has 0 unspecified atom stereocenters. The SMILES string of the molecule is CC(=O)C1=C(O)[C@@]2(O)C(=O)C3=C(O)c4c(O)ccc(-c5cccc(C(=O)NCCN(C(C)C)C(C)C)c5)c4C[C@H]3C[C@H]2[C@H](N(C)C)C1=O. The molecule has 3 aliphatic rings. The molecule has 11 heteroatoms. The van der Waals surface area contributed by atoms with Crippen LogP contribution >= 0.6 is 0 Å². The Morgan fingerprint density at radius 3 is 2.29 bits per heavy atom. The van der Waals surface area contributed by atoms with Gasteiger partial charge in [0.25, 0.3) is 5.91 Å². The highest BCUT2D eigenvalue weighted by Crippen LogP contribution is 2.53. The average molecular weight is 660 g/mol. The molecule has 2 aromatic carbocycles. The van der Waals surface area contributed by atoms with E-state index in [1.54, 1.807) is 38.4 Å². The van der Waals surface area contributed by atoms with Gasteiger partial charge in [0.15, 0.2) is 17.2 Å². The molecule has 0 saturated heterocycles. The van der Waals surface area contributed by atoms with Crippen molar-refractivity contribution in [3.63, 3.8) is 0 Å². The number of fused-ring (bicyclic) bond motifs is 3. The second-order valence-electron chi connectivity index (χ2n) is 13.9. The molecule has 0 spiro atoms. The second kappa shape index (κ2) is 12.9. The Morgan fingerprint density at radius 1 is 1.02 bits per heavy atom. The van der Waals surface area contributed by atoms with Gasteiger partial charge in [0.05, 0.1) is 11.6 Å². The second-order valence-corrected chi connectivity index (χ2v) is 13.9. The number of ketones is 3. The van der Waals surface area contributed by atoms with Gasteiger partial charge >= 0.3 is 0 Å². The van der Waals surface area contributed by atoms with E-state index in [4.69, 9.17) is 0 Å². The van der Waals surface area contributed by atoms with Crippen molar-refractivity contribution >= 4 is 29.0 Å². The zero-order valence-corrected chi connectivity index (χ0v) is 28.5. The Labute approximate surface area is 280 Å². The van der Waals surface area contributed by atoms with Crippen molar-refractivity contribution in [2.24, 2.45) is 11.8 Å². The molecular formula is C37H45N3O8. The van der Waals surface area contributed by atoms with Crippen LogP contribution in [0.4, 0.5) is 0 Å². The van der Waals surface area contributed by atoms with Gasteiger partial charge in [0.2, 0.25) is 5.78 Å². The lowest BCUT2D eigenvalue weighted by Gasteiger charge is -2.50. The number of carbonyl (C=O) groups is 4. The lowest BCUT2D eigenvalue weighted by Crippen LogP contribution is -2.65. The summed E-state index contributed by atoms with van der Waals surface area (Å²) >= 11 is 0. The molecular weight excluding hydrogens is 614 g/mol. The summed E-state index contributed by atoms with van der Waals surface area (Å²) in [6.45, 7) is 10.7. The summed E-state index contributed by atoms with van der Waals surface area (Å²) in [4.78, 5) is 57.0. The third kappa shape index (κ3) is 5.63. The van der Waals surface area contributed by atoms with Crippen LogP contribution < -0.4 is 5.32 Å². The third-order valence-electron chi connectivity index (χ3n) is 10.1. The van der Waals surface area contributed by atoms with Gasteiger partial charge in [-0.3, -0.25) is 29.0 Å². The lowest BCUT2D eigenvalue weighted by molar-refractivity contribution is -0.153. The minimum Gasteiger partial charge on any atom is -0.508 e. The monoisotopic (exact) mass is 659 g/mol. The first-order valence-electron chi connectivity index (χ1n) is 16.4. The number of Topliss-reactive ketones (excluding diaryl/α,β-unsaturated/α-hetero) is 3. The maximum Gasteiger partial charge on any atom is 0.251 e. The maximum atomic E-state index is 14.1. The van der Waals surface area contributed by atoms with Gasteiger partial charge in [-0.05, 0) is 102 Å². The van der Waals surface area contributed by atoms with E-state index in [0.717, 1.165) is 6.92 Å². The molecule has 0 bridgehead atoms. The zero-order valence-electron chi connectivity index (χ0n) is 28.5. The Kier molecular flexibility index (Phi) is 9.44. The fourth-order valence-electron chi connectivity index (χ4n) is 7.96. The number of nitrogens with one attached hydrogen (secondary N) is 1. The van der Waals surface area contributed by atoms with E-state index < -0.39 is 57.9 Å². The van der Waals surface area contributed by atoms with Crippen LogP contribution in [0.5, 0.6) is 5.75 Å². The first-order valence-corrected chi connectivity index (χ1v) is 16.4. The minimum absolute atomic E-state index is 0.0118. The van der Waals surface area contributed by atoms with E-state index in [-0.39, 0.29) is 35.6 Å². The van der Waals surface area contributed by atoms with Crippen LogP contribution in [0.3, 0.4) is 0 Å². The number of amides is 1. The number of rotatable bonds is 9. The van der Waals surface area contributed by atoms with E-state index in [9.17, 15) is 39.6 Å². The standard InChI is InChI=1S/C37H45N3O8/c1-18(2)40(19(3)4)14-13-38-36(47)22-10-8-9-21(15-22)24-11-12-27(42)30-25(24)16-23-17-26-31(39(6)7)33(44)28(20(5)41)34(45)37(26,48)35(46)29(23)32(30)43/h8-12,15,18-19,23,26,31,42-43,45,48H,13-14,16-17H2,1-7H3,(H,38,47)/t23-,26-,31-,37+/m0/s1. The Morgan fingerprint density at radius 2 is 1.69 bits per heavy atom. The molecule has 11 nitrogen and oxygen atoms in total. The van der Waals surface area contributed by atoms with Gasteiger partial charge in [-0.2, -0.15) is 0 Å². The van der Waals surface area contributed by atoms with Crippen LogP contribution in [0.2, 0.25) is 0 Å². The summed E-state index contributed by atoms with van der Waals surface area (Å²) in [7, 11) is 3.19. The lowest BCUT2D eigenvalue weighted by atomic mass is 9.57. The number of benzene rings is 2. The molecule has 0 aliphatic heterocycles. The molecule has 1 fully saturated rings. The minimum atomic E-state index is -2.63. The molecule has 5 rings (SSSR count). The van der Waals surface area contributed by atoms with E-state index in [2.05, 4.69) is 37.9 Å². The number of aliphatic hydroxyl groups is 3. The molecule has 5 N–H and O–H groups in total. The highest BCUT2D eigenvalue weighted by atomic mass is 16.3. The quantitative estimate of drug-likeness (QED) is 0.251. The number of carbonyl (C=O) groups excluding carboxylic acids is 4. The van der Waals surface area contributed by atoms with Crippen molar-refractivity contribution in [1.82, 2.24) is 15.1 Å². The van der Waals surface area contributed by atoms with Crippen LogP contribution in [0.15, 0.2) is 53.3 Å². The number of likely N-dealkylation sites (N-methyl/N-ethyl adjacent to an activating group) is 1. The van der Waals surface area contributed by atoms with Gasteiger partial charge < -0.3 is 25.7 Å². The predicted octanol–water partition coefficient (Wildman–Crippen LogP) is 3.58. The number of phenolic OH excluding ortho intramolecular Hbond substituents is 1. The van der Waals surface area contributed by atoms with Gasteiger partial charge in [0.1, 0.15) is 22.8 Å². The summed E-state index contributed by atoms with van der Waals surface area (Å²) in [5, 5.41) is 48.6. The molecule has 2 aromatic rings. The van der Waals surface area contributed by atoms with Crippen molar-refractivity contribution in [3.8, 4) is 16.9 Å². The van der Waals surface area contributed by atoms with E-state index >= 15 is 0 Å². The summed E-state index contributed by atoms with van der Waals surface area (Å²) < 4.78 is 0. The predicted molar refractivity (Wildman–Crippen MR) is 180 cm³/mol. The van der Waals surface area contributed by atoms with E-state index in [0.29, 0.717) is 47.4 Å². The smallest absolute Gasteiger partial charge is 0.251 e. The normalized spacial score (nSPS) is 24.0. The molecule has 0 aromatic heterocycles. The van der Waals surface area contributed by atoms with Crippen molar-refractivity contribution in [3.05, 3.63) is 70.0 Å². The first kappa shape index (κ1) is 35.0. The van der Waals surface area contributed by atoms with Gasteiger partial charge in [-0.1, -0.05) is 18.2 Å². The molecule has 1 amide bonds. The van der Waals surface area contributed by atoms with Gasteiger partial charge in [-0.15, -0.1) is 0 Å². The number of nitrogens with zero attached hydrogens (tertiary/aromatic N) is 2. The van der Waals surface area contributed by atoms with Crippen molar-refractivity contribution in [1.29, 1.82) is 0 Å². The van der Waals surface area contributed by atoms with Crippen molar-refractivity contribution in [2.75, 3.05) is 27.2 Å². The molecule has 0 radical (unpaired) electrons. The van der Waals surface area contributed by atoms with Crippen LogP contribution in [-0.2, 0) is 20.8 Å². The van der Waals surface area contributed by atoms with Crippen molar-refractivity contribution in [2.45, 2.75) is 71.2 Å². The van der Waals surface area contributed by atoms with E-state index in [1.807, 2.05) is 6.07 Å². The molecule has 1 saturated carbocycles.